The Labute approximate surface area is 153 Å². The lowest BCUT2D eigenvalue weighted by molar-refractivity contribution is 0.0746. The predicted molar refractivity (Wildman–Crippen MR) is 102 cm³/mol. The van der Waals surface area contributed by atoms with E-state index in [4.69, 9.17) is 0 Å². The minimum atomic E-state index is -0.221. The first-order chi connectivity index (χ1) is 12.6. The Morgan fingerprint density at radius 2 is 1.92 bits per heavy atom. The van der Waals surface area contributed by atoms with Gasteiger partial charge in [-0.3, -0.25) is 4.79 Å². The van der Waals surface area contributed by atoms with E-state index < -0.39 is 0 Å². The van der Waals surface area contributed by atoms with Crippen LogP contribution in [-0.4, -0.2) is 48.0 Å². The number of aromatic nitrogens is 1. The fraction of sp³-hybridized carbons (Fsp3) is 0.400. The van der Waals surface area contributed by atoms with Crippen molar-refractivity contribution in [2.75, 3.05) is 36.4 Å². The van der Waals surface area contributed by atoms with Gasteiger partial charge < -0.3 is 15.1 Å². The molecule has 0 radical (unpaired) electrons. The molecule has 5 nitrogen and oxygen atoms in total. The maximum absolute atomic E-state index is 13.9. The summed E-state index contributed by atoms with van der Waals surface area (Å²) in [5, 5.41) is 3.29. The van der Waals surface area contributed by atoms with E-state index >= 15 is 0 Å². The smallest absolute Gasteiger partial charge is 0.255 e. The second-order valence-electron chi connectivity index (χ2n) is 6.62. The zero-order chi connectivity index (χ0) is 18.5. The van der Waals surface area contributed by atoms with Crippen molar-refractivity contribution >= 4 is 17.4 Å². The summed E-state index contributed by atoms with van der Waals surface area (Å²) >= 11 is 0. The summed E-state index contributed by atoms with van der Waals surface area (Å²) in [6, 6.07) is 10.8. The normalized spacial score (nSPS) is 15.7. The molecule has 1 fully saturated rings. The number of halogens is 1. The van der Waals surface area contributed by atoms with Crippen LogP contribution in [0.2, 0.25) is 0 Å². The van der Waals surface area contributed by atoms with Crippen LogP contribution in [0.4, 0.5) is 15.9 Å². The highest BCUT2D eigenvalue weighted by Gasteiger charge is 2.23. The molecule has 1 saturated heterocycles. The number of amides is 1. The largest absolute Gasteiger partial charge is 0.368 e. The molecule has 0 spiro atoms. The Kier molecular flexibility index (Phi) is 5.71. The number of hydrogen-bond acceptors (Lipinski definition) is 4. The van der Waals surface area contributed by atoms with Crippen LogP contribution in [0.25, 0.3) is 0 Å². The number of rotatable bonds is 5. The monoisotopic (exact) mass is 356 g/mol. The molecule has 2 heterocycles. The van der Waals surface area contributed by atoms with Gasteiger partial charge in [0, 0.05) is 38.4 Å². The van der Waals surface area contributed by atoms with E-state index in [1.165, 1.54) is 6.07 Å². The minimum Gasteiger partial charge on any atom is -0.368 e. The van der Waals surface area contributed by atoms with Crippen LogP contribution in [0, 0.1) is 5.82 Å². The Morgan fingerprint density at radius 1 is 1.19 bits per heavy atom. The van der Waals surface area contributed by atoms with Crippen molar-refractivity contribution in [3.63, 3.8) is 0 Å². The number of nitrogens with one attached hydrogen (secondary N) is 1. The summed E-state index contributed by atoms with van der Waals surface area (Å²) in [6.07, 6.45) is 2.63. The number of para-hydroxylation sites is 1. The summed E-state index contributed by atoms with van der Waals surface area (Å²) in [4.78, 5) is 20.8. The molecule has 1 aromatic carbocycles. The van der Waals surface area contributed by atoms with Gasteiger partial charge in [-0.05, 0) is 37.6 Å². The van der Waals surface area contributed by atoms with Gasteiger partial charge >= 0.3 is 0 Å². The van der Waals surface area contributed by atoms with Crippen molar-refractivity contribution in [2.24, 2.45) is 0 Å². The average molecular weight is 356 g/mol. The number of carbonyl (C=O) groups is 1. The molecule has 1 N–H and O–H groups in total. The fourth-order valence-electron chi connectivity index (χ4n) is 3.00. The molecule has 0 saturated carbocycles. The van der Waals surface area contributed by atoms with E-state index in [-0.39, 0.29) is 11.7 Å². The lowest BCUT2D eigenvalue weighted by Gasteiger charge is -2.36. The third-order valence-corrected chi connectivity index (χ3v) is 4.78. The number of anilines is 2. The maximum atomic E-state index is 13.9. The SMILES string of the molecule is CCC(C)Nc1ccc(C(=O)N2CCN(c3ccccc3F)CC2)cn1. The van der Waals surface area contributed by atoms with Crippen LogP contribution in [-0.2, 0) is 0 Å². The van der Waals surface area contributed by atoms with E-state index in [2.05, 4.69) is 24.1 Å². The molecule has 26 heavy (non-hydrogen) atoms. The summed E-state index contributed by atoms with van der Waals surface area (Å²) in [6.45, 7) is 6.58. The Balaban J connectivity index is 1.59. The lowest BCUT2D eigenvalue weighted by Crippen LogP contribution is -2.49. The number of hydrogen-bond donors (Lipinski definition) is 1. The quantitative estimate of drug-likeness (QED) is 0.892. The van der Waals surface area contributed by atoms with Crippen molar-refractivity contribution in [3.8, 4) is 0 Å². The molecular weight excluding hydrogens is 331 g/mol. The van der Waals surface area contributed by atoms with Gasteiger partial charge in [-0.1, -0.05) is 19.1 Å². The molecule has 1 unspecified atom stereocenters. The third kappa shape index (κ3) is 4.12. The molecule has 6 heteroatoms. The highest BCUT2D eigenvalue weighted by Crippen LogP contribution is 2.21. The molecule has 1 atom stereocenters. The minimum absolute atomic E-state index is 0.0271. The molecule has 2 aromatic rings. The van der Waals surface area contributed by atoms with Crippen LogP contribution in [0.5, 0.6) is 0 Å². The average Bonchev–Trinajstić information content (AvgIpc) is 2.68. The first-order valence-corrected chi connectivity index (χ1v) is 9.10. The van der Waals surface area contributed by atoms with Crippen molar-refractivity contribution < 1.29 is 9.18 Å². The van der Waals surface area contributed by atoms with Crippen molar-refractivity contribution in [2.45, 2.75) is 26.3 Å². The summed E-state index contributed by atoms with van der Waals surface area (Å²) in [5.41, 5.74) is 1.18. The molecule has 3 rings (SSSR count). The summed E-state index contributed by atoms with van der Waals surface area (Å²) < 4.78 is 13.9. The highest BCUT2D eigenvalue weighted by atomic mass is 19.1. The molecule has 0 bridgehead atoms. The first-order valence-electron chi connectivity index (χ1n) is 9.10. The van der Waals surface area contributed by atoms with Gasteiger partial charge in [0.1, 0.15) is 11.6 Å². The fourth-order valence-corrected chi connectivity index (χ4v) is 3.00. The third-order valence-electron chi connectivity index (χ3n) is 4.78. The molecular formula is C20H25FN4O. The predicted octanol–water partition coefficient (Wildman–Crippen LogP) is 3.39. The second-order valence-corrected chi connectivity index (χ2v) is 6.62. The van der Waals surface area contributed by atoms with Crippen molar-refractivity contribution in [1.82, 2.24) is 9.88 Å². The van der Waals surface area contributed by atoms with Crippen LogP contribution in [0.15, 0.2) is 42.6 Å². The van der Waals surface area contributed by atoms with E-state index in [9.17, 15) is 9.18 Å². The molecule has 1 aromatic heterocycles. The maximum Gasteiger partial charge on any atom is 0.255 e. The van der Waals surface area contributed by atoms with E-state index in [1.807, 2.05) is 23.1 Å². The Hall–Kier alpha value is -2.63. The zero-order valence-corrected chi connectivity index (χ0v) is 15.3. The van der Waals surface area contributed by atoms with Gasteiger partial charge in [-0.15, -0.1) is 0 Å². The van der Waals surface area contributed by atoms with Gasteiger partial charge in [0.25, 0.3) is 5.91 Å². The number of piperazine rings is 1. The van der Waals surface area contributed by atoms with Gasteiger partial charge in [0.2, 0.25) is 0 Å². The molecule has 138 valence electrons. The highest BCUT2D eigenvalue weighted by molar-refractivity contribution is 5.94. The van der Waals surface area contributed by atoms with E-state index in [0.717, 1.165) is 12.2 Å². The van der Waals surface area contributed by atoms with E-state index in [1.54, 1.807) is 23.2 Å². The van der Waals surface area contributed by atoms with Gasteiger partial charge in [0.05, 0.1) is 11.3 Å². The van der Waals surface area contributed by atoms with Crippen molar-refractivity contribution in [3.05, 3.63) is 54.0 Å². The van der Waals surface area contributed by atoms with Crippen LogP contribution in [0.1, 0.15) is 30.6 Å². The molecule has 1 aliphatic rings. The number of carbonyl (C=O) groups excluding carboxylic acids is 1. The Bertz CT molecular complexity index is 742. The van der Waals surface area contributed by atoms with Gasteiger partial charge in [-0.2, -0.15) is 0 Å². The lowest BCUT2D eigenvalue weighted by atomic mass is 10.2. The van der Waals surface area contributed by atoms with Gasteiger partial charge in [0.15, 0.2) is 0 Å². The molecule has 1 amide bonds. The molecule has 0 aliphatic carbocycles. The van der Waals surface area contributed by atoms with Crippen LogP contribution in [0.3, 0.4) is 0 Å². The standard InChI is InChI=1S/C20H25FN4O/c1-3-15(2)23-19-9-8-16(14-22-19)20(26)25-12-10-24(11-13-25)18-7-5-4-6-17(18)21/h4-9,14-15H,3,10-13H2,1-2H3,(H,22,23). The van der Waals surface area contributed by atoms with Crippen LogP contribution < -0.4 is 10.2 Å². The summed E-state index contributed by atoms with van der Waals surface area (Å²) in [5.74, 6) is 0.530. The second kappa shape index (κ2) is 8.17. The zero-order valence-electron chi connectivity index (χ0n) is 15.3. The first kappa shape index (κ1) is 18.2. The molecule has 1 aliphatic heterocycles. The van der Waals surface area contributed by atoms with Crippen LogP contribution >= 0.6 is 0 Å². The summed E-state index contributed by atoms with van der Waals surface area (Å²) in [7, 11) is 0. The number of benzene rings is 1. The number of nitrogens with zero attached hydrogens (tertiary/aromatic N) is 3. The van der Waals surface area contributed by atoms with Gasteiger partial charge in [-0.25, -0.2) is 9.37 Å². The number of pyridine rings is 1. The topological polar surface area (TPSA) is 48.5 Å². The van der Waals surface area contributed by atoms with Crippen molar-refractivity contribution in [1.29, 1.82) is 0 Å². The van der Waals surface area contributed by atoms with E-state index in [0.29, 0.717) is 43.5 Å². The Morgan fingerprint density at radius 3 is 2.54 bits per heavy atom.